The van der Waals surface area contributed by atoms with E-state index in [0.29, 0.717) is 0 Å². The summed E-state index contributed by atoms with van der Waals surface area (Å²) in [5.41, 5.74) is 0.455. The Kier molecular flexibility index (Phi) is 19.5. The van der Waals surface area contributed by atoms with Gasteiger partial charge in [-0.1, -0.05) is 97.1 Å². The molecule has 0 spiro atoms. The van der Waals surface area contributed by atoms with E-state index in [4.69, 9.17) is 71.1 Å². The number of carbonyl (C=O) groups is 7. The molecule has 9 rings (SSSR count). The lowest BCUT2D eigenvalue weighted by Crippen LogP contribution is -2.67. The molecule has 5 aromatic rings. The monoisotopic (exact) mass is 1140 g/mol. The largest absolute Gasteiger partial charge is 0.459 e. The van der Waals surface area contributed by atoms with Gasteiger partial charge in [-0.25, -0.2) is 24.0 Å². The van der Waals surface area contributed by atoms with E-state index in [9.17, 15) is 33.6 Å². The molecule has 5 aromatic carbocycles. The summed E-state index contributed by atoms with van der Waals surface area (Å²) in [7, 11) is 0. The van der Waals surface area contributed by atoms with Gasteiger partial charge < -0.3 is 66.3 Å². The number of benzene rings is 5. The smallest absolute Gasteiger partial charge is 0.338 e. The standard InChI is InChI=1S/C61H60O22/c1-6-32-69-58-50(79-57(68)42-30-20-11-21-31-42)49(78-56(67)41-28-18-10-19-29-41)46(44(75-58)33-70-53(64)38-22-12-7-13-23-38)80-60-52(82-61(5)81-51-47(74-37(4)63)43(73-36(3)62)34-71-59(51)83-61)48(77-55(66)40-26-16-9-17-27-40)45(35(2)72-60)76-54(65)39-24-14-8-15-25-39/h6-31,35,43-52,58-60H,1,32-34H2,2-5H3/t35-,43-,44+,45-,46+,47+,48+,49-,50-,51-,52+,58-,59-,60-,61?/m0/s1. The minimum Gasteiger partial charge on any atom is -0.459 e. The van der Waals surface area contributed by atoms with Crippen LogP contribution in [0.1, 0.15) is 79.5 Å². The van der Waals surface area contributed by atoms with Crippen LogP contribution in [-0.4, -0.2) is 154 Å². The quantitative estimate of drug-likeness (QED) is 0.0458. The van der Waals surface area contributed by atoms with E-state index in [1.165, 1.54) is 80.6 Å². The molecule has 22 heteroatoms. The summed E-state index contributed by atoms with van der Waals surface area (Å²) >= 11 is 0. The molecule has 22 nitrogen and oxygen atoms in total. The molecular weight excluding hydrogens is 1080 g/mol. The van der Waals surface area contributed by atoms with Crippen LogP contribution < -0.4 is 0 Å². The fraction of sp³-hybridized carbons (Fsp3) is 0.361. The Bertz CT molecular complexity index is 3040. The number of hydrogen-bond donors (Lipinski definition) is 0. The lowest BCUT2D eigenvalue weighted by atomic mass is 9.96. The average molecular weight is 1150 g/mol. The molecule has 0 N–H and O–H groups in total. The molecule has 0 aromatic heterocycles. The summed E-state index contributed by atoms with van der Waals surface area (Å²) in [6, 6.07) is 39.5. The topological polar surface area (TPSA) is 258 Å². The number of carbonyl (C=O) groups excluding carboxylic acids is 7. The van der Waals surface area contributed by atoms with E-state index in [2.05, 4.69) is 6.58 Å². The maximum atomic E-state index is 14.5. The third-order valence-electron chi connectivity index (χ3n) is 13.4. The van der Waals surface area contributed by atoms with Gasteiger partial charge in [0.05, 0.1) is 47.1 Å². The second-order valence-electron chi connectivity index (χ2n) is 19.5. The second kappa shape index (κ2) is 27.3. The van der Waals surface area contributed by atoms with Gasteiger partial charge in [0.1, 0.15) is 18.8 Å². The molecule has 4 aliphatic heterocycles. The van der Waals surface area contributed by atoms with E-state index < -0.39 is 140 Å². The van der Waals surface area contributed by atoms with Crippen molar-refractivity contribution >= 4 is 41.8 Å². The van der Waals surface area contributed by atoms with Crippen LogP contribution in [0.5, 0.6) is 0 Å². The first-order chi connectivity index (χ1) is 40.1. The SMILES string of the molecule is C=CCO[C@H]1O[C@H](COC(=O)c2ccccc2)[C@@H](O[C@@H]2O[C@@H](C)[C@H](OC(=O)c3ccccc3)[C@@H](OC(=O)c3ccccc3)[C@H]2OC2(C)O[C@@H]3OC[C@H](OC(C)=O)[C@@H](OC(C)=O)[C@@H]3O2)[C@H](OC(=O)c2ccccc2)[C@@H]1OC(=O)c1ccccc1. The van der Waals surface area contributed by atoms with E-state index in [1.807, 2.05) is 0 Å². The molecular formula is C61H60O22. The zero-order valence-electron chi connectivity index (χ0n) is 45.4. The fourth-order valence-electron chi connectivity index (χ4n) is 9.68. The lowest BCUT2D eigenvalue weighted by Gasteiger charge is -2.49. The van der Waals surface area contributed by atoms with Crippen molar-refractivity contribution in [3.63, 3.8) is 0 Å². The minimum atomic E-state index is -2.34. The lowest BCUT2D eigenvalue weighted by molar-refractivity contribution is -0.415. The summed E-state index contributed by atoms with van der Waals surface area (Å²) in [5, 5.41) is 0. The van der Waals surface area contributed by atoms with E-state index >= 15 is 0 Å². The van der Waals surface area contributed by atoms with Gasteiger partial charge in [0.2, 0.25) is 0 Å². The van der Waals surface area contributed by atoms with Gasteiger partial charge in [0.15, 0.2) is 67.7 Å². The van der Waals surface area contributed by atoms with Crippen LogP contribution >= 0.6 is 0 Å². The van der Waals surface area contributed by atoms with Gasteiger partial charge in [-0.2, -0.15) is 0 Å². The summed E-state index contributed by atoms with van der Waals surface area (Å²) in [6.45, 7) is 7.68. The third kappa shape index (κ3) is 14.7. The van der Waals surface area contributed by atoms with Crippen molar-refractivity contribution in [2.75, 3.05) is 19.8 Å². The van der Waals surface area contributed by atoms with Crippen LogP contribution in [0.15, 0.2) is 164 Å². The minimum absolute atomic E-state index is 0.0522. The van der Waals surface area contributed by atoms with Crippen molar-refractivity contribution in [1.82, 2.24) is 0 Å². The van der Waals surface area contributed by atoms with Gasteiger partial charge in [-0.3, -0.25) is 14.3 Å². The molecule has 0 bridgehead atoms. The summed E-state index contributed by atoms with van der Waals surface area (Å²) < 4.78 is 94.2. The maximum Gasteiger partial charge on any atom is 0.338 e. The van der Waals surface area contributed by atoms with Crippen molar-refractivity contribution in [3.8, 4) is 0 Å². The van der Waals surface area contributed by atoms with Crippen molar-refractivity contribution in [1.29, 1.82) is 0 Å². The number of rotatable bonds is 20. The number of ether oxygens (including phenoxy) is 15. The summed E-state index contributed by atoms with van der Waals surface area (Å²) in [5.74, 6) is -8.29. The highest BCUT2D eigenvalue weighted by Gasteiger charge is 2.62. The molecule has 1 unspecified atom stereocenters. The Balaban J connectivity index is 1.18. The molecule has 0 radical (unpaired) electrons. The number of fused-ring (bicyclic) bond motifs is 1. The predicted octanol–water partition coefficient (Wildman–Crippen LogP) is 6.50. The van der Waals surface area contributed by atoms with Crippen LogP contribution in [0.3, 0.4) is 0 Å². The van der Waals surface area contributed by atoms with Gasteiger partial charge >= 0.3 is 41.8 Å². The van der Waals surface area contributed by atoms with Crippen molar-refractivity contribution in [3.05, 3.63) is 192 Å². The average Bonchev–Trinajstić information content (AvgIpc) is 4.07. The zero-order chi connectivity index (χ0) is 58.6. The van der Waals surface area contributed by atoms with E-state index in [0.717, 1.165) is 13.8 Å². The molecule has 15 atom stereocenters. The Hall–Kier alpha value is -8.19. The van der Waals surface area contributed by atoms with Crippen molar-refractivity contribution in [2.45, 2.75) is 120 Å². The highest BCUT2D eigenvalue weighted by atomic mass is 17.0. The molecule has 436 valence electrons. The molecule has 0 aliphatic carbocycles. The van der Waals surface area contributed by atoms with Gasteiger partial charge in [-0.15, -0.1) is 6.58 Å². The third-order valence-corrected chi connectivity index (χ3v) is 13.4. The predicted molar refractivity (Wildman–Crippen MR) is 283 cm³/mol. The Morgan fingerprint density at radius 3 is 1.43 bits per heavy atom. The first-order valence-electron chi connectivity index (χ1n) is 26.5. The highest BCUT2D eigenvalue weighted by molar-refractivity contribution is 5.92. The first-order valence-corrected chi connectivity index (χ1v) is 26.5. The van der Waals surface area contributed by atoms with Crippen LogP contribution in [0.4, 0.5) is 0 Å². The molecule has 4 heterocycles. The number of esters is 7. The van der Waals surface area contributed by atoms with Crippen LogP contribution in [0.2, 0.25) is 0 Å². The zero-order valence-corrected chi connectivity index (χ0v) is 45.4. The molecule has 4 fully saturated rings. The number of hydrogen-bond acceptors (Lipinski definition) is 22. The van der Waals surface area contributed by atoms with Crippen LogP contribution in [-0.2, 0) is 80.6 Å². The highest BCUT2D eigenvalue weighted by Crippen LogP contribution is 2.42. The molecule has 4 aliphatic rings. The van der Waals surface area contributed by atoms with Crippen molar-refractivity contribution < 1.29 is 105 Å². The van der Waals surface area contributed by atoms with Gasteiger partial charge in [0, 0.05) is 20.8 Å². The van der Waals surface area contributed by atoms with Gasteiger partial charge in [-0.05, 0) is 67.6 Å². The summed E-state index contributed by atoms with van der Waals surface area (Å²) in [6.07, 6.45) is -20.6. The van der Waals surface area contributed by atoms with Crippen LogP contribution in [0, 0.1) is 0 Å². The van der Waals surface area contributed by atoms with E-state index in [1.54, 1.807) is 91.0 Å². The molecule has 83 heavy (non-hydrogen) atoms. The van der Waals surface area contributed by atoms with E-state index in [-0.39, 0.29) is 41.0 Å². The maximum absolute atomic E-state index is 14.5. The Morgan fingerprint density at radius 1 is 0.518 bits per heavy atom. The molecule has 0 amide bonds. The van der Waals surface area contributed by atoms with Gasteiger partial charge in [0.25, 0.3) is 5.97 Å². The molecule has 0 saturated carbocycles. The molecule has 4 saturated heterocycles. The van der Waals surface area contributed by atoms with Crippen molar-refractivity contribution in [2.24, 2.45) is 0 Å². The first kappa shape index (κ1) is 59.4. The normalized spacial score (nSPS) is 29.1. The fourth-order valence-corrected chi connectivity index (χ4v) is 9.68. The van der Waals surface area contributed by atoms with Crippen LogP contribution in [0.25, 0.3) is 0 Å². The Labute approximate surface area is 476 Å². The summed E-state index contributed by atoms with van der Waals surface area (Å²) in [4.78, 5) is 96.0. The second-order valence-corrected chi connectivity index (χ2v) is 19.5. The Morgan fingerprint density at radius 2 is 0.964 bits per heavy atom.